The number of halogens is 3. The van der Waals surface area contributed by atoms with Gasteiger partial charge in [-0.15, -0.1) is 13.2 Å². The zero-order valence-corrected chi connectivity index (χ0v) is 15.4. The van der Waals surface area contributed by atoms with E-state index in [4.69, 9.17) is 14.6 Å². The van der Waals surface area contributed by atoms with Crippen LogP contribution in [0.25, 0.3) is 0 Å². The van der Waals surface area contributed by atoms with Crippen LogP contribution in [0.5, 0.6) is 5.75 Å². The van der Waals surface area contributed by atoms with Gasteiger partial charge in [-0.25, -0.2) is 0 Å². The zero-order valence-electron chi connectivity index (χ0n) is 15.4. The molecule has 1 fully saturated rings. The van der Waals surface area contributed by atoms with Gasteiger partial charge < -0.3 is 24.2 Å². The lowest BCUT2D eigenvalue weighted by molar-refractivity contribution is -0.305. The first-order chi connectivity index (χ1) is 13.2. The van der Waals surface area contributed by atoms with Gasteiger partial charge in [-0.3, -0.25) is 4.79 Å². The second-order valence-electron chi connectivity index (χ2n) is 6.08. The standard InChI is InChI=1S/C19H22F3NO5/c1-3-17(13(2)28-19(20,21)22)27-16-8-9-23(10-16)18(25)12-26-15-6-4-14(11-24)5-7-15/h3-7,16,24H,2,8-12H2,1H3/b17-3+/t16-/m0/s1. The van der Waals surface area contributed by atoms with E-state index in [0.29, 0.717) is 18.7 Å². The van der Waals surface area contributed by atoms with E-state index in [1.807, 2.05) is 0 Å². The molecule has 1 saturated heterocycles. The number of carbonyl (C=O) groups excluding carboxylic acids is 1. The Labute approximate surface area is 160 Å². The second-order valence-corrected chi connectivity index (χ2v) is 6.08. The predicted molar refractivity (Wildman–Crippen MR) is 94.0 cm³/mol. The van der Waals surface area contributed by atoms with E-state index in [2.05, 4.69) is 11.3 Å². The number of aliphatic hydroxyl groups excluding tert-OH is 1. The van der Waals surface area contributed by atoms with Crippen LogP contribution in [-0.4, -0.2) is 48.1 Å². The summed E-state index contributed by atoms with van der Waals surface area (Å²) >= 11 is 0. The van der Waals surface area contributed by atoms with Crippen molar-refractivity contribution in [3.05, 3.63) is 54.0 Å². The lowest BCUT2D eigenvalue weighted by Crippen LogP contribution is -2.34. The third-order valence-electron chi connectivity index (χ3n) is 4.04. The molecule has 0 aromatic heterocycles. The van der Waals surface area contributed by atoms with Crippen LogP contribution in [0.4, 0.5) is 13.2 Å². The van der Waals surface area contributed by atoms with Crippen molar-refractivity contribution in [3.63, 3.8) is 0 Å². The molecule has 2 rings (SSSR count). The number of rotatable bonds is 8. The normalized spacial score (nSPS) is 17.4. The van der Waals surface area contributed by atoms with Crippen molar-refractivity contribution >= 4 is 5.91 Å². The number of allylic oxidation sites excluding steroid dienone is 1. The Morgan fingerprint density at radius 2 is 2.04 bits per heavy atom. The van der Waals surface area contributed by atoms with Gasteiger partial charge in [-0.1, -0.05) is 18.7 Å². The van der Waals surface area contributed by atoms with Gasteiger partial charge in [0, 0.05) is 13.0 Å². The van der Waals surface area contributed by atoms with Gasteiger partial charge in [0.25, 0.3) is 5.91 Å². The van der Waals surface area contributed by atoms with E-state index in [1.54, 1.807) is 24.3 Å². The molecule has 9 heteroatoms. The van der Waals surface area contributed by atoms with Crippen LogP contribution in [-0.2, 0) is 20.9 Å². The molecule has 1 aromatic carbocycles. The fraction of sp³-hybridized carbons (Fsp3) is 0.421. The van der Waals surface area contributed by atoms with Gasteiger partial charge in [0.1, 0.15) is 11.9 Å². The highest BCUT2D eigenvalue weighted by Crippen LogP contribution is 2.26. The summed E-state index contributed by atoms with van der Waals surface area (Å²) in [6.45, 7) is 5.11. The van der Waals surface area contributed by atoms with Crippen molar-refractivity contribution < 1.29 is 37.3 Å². The van der Waals surface area contributed by atoms with Crippen LogP contribution >= 0.6 is 0 Å². The molecule has 28 heavy (non-hydrogen) atoms. The van der Waals surface area contributed by atoms with Crippen LogP contribution < -0.4 is 4.74 Å². The summed E-state index contributed by atoms with van der Waals surface area (Å²) in [4.78, 5) is 13.8. The Bertz CT molecular complexity index is 715. The van der Waals surface area contributed by atoms with Crippen LogP contribution in [0.3, 0.4) is 0 Å². The Morgan fingerprint density at radius 3 is 2.61 bits per heavy atom. The van der Waals surface area contributed by atoms with E-state index in [9.17, 15) is 18.0 Å². The molecule has 1 amide bonds. The number of carbonyl (C=O) groups is 1. The summed E-state index contributed by atoms with van der Waals surface area (Å²) in [6, 6.07) is 6.68. The van der Waals surface area contributed by atoms with Gasteiger partial charge >= 0.3 is 6.36 Å². The van der Waals surface area contributed by atoms with Crippen molar-refractivity contribution in [3.8, 4) is 5.75 Å². The third kappa shape index (κ3) is 6.49. The summed E-state index contributed by atoms with van der Waals surface area (Å²) in [5.41, 5.74) is 0.731. The highest BCUT2D eigenvalue weighted by Gasteiger charge is 2.34. The van der Waals surface area contributed by atoms with Crippen LogP contribution in [0.2, 0.25) is 0 Å². The fourth-order valence-electron chi connectivity index (χ4n) is 2.64. The number of aliphatic hydroxyl groups is 1. The predicted octanol–water partition coefficient (Wildman–Crippen LogP) is 3.13. The summed E-state index contributed by atoms with van der Waals surface area (Å²) in [5, 5.41) is 9.00. The molecule has 1 heterocycles. The van der Waals surface area contributed by atoms with Crippen molar-refractivity contribution in [2.75, 3.05) is 19.7 Å². The average molecular weight is 401 g/mol. The monoisotopic (exact) mass is 401 g/mol. The molecule has 154 valence electrons. The maximum Gasteiger partial charge on any atom is 0.573 e. The van der Waals surface area contributed by atoms with E-state index in [-0.39, 0.29) is 31.4 Å². The van der Waals surface area contributed by atoms with Crippen molar-refractivity contribution in [1.82, 2.24) is 4.90 Å². The minimum absolute atomic E-state index is 0.0804. The molecule has 0 radical (unpaired) electrons. The average Bonchev–Trinajstić information content (AvgIpc) is 3.12. The van der Waals surface area contributed by atoms with Gasteiger partial charge in [0.2, 0.25) is 0 Å². The Hall–Kier alpha value is -2.68. The number of amides is 1. The summed E-state index contributed by atoms with van der Waals surface area (Å²) < 4.78 is 51.6. The second kappa shape index (κ2) is 9.50. The van der Waals surface area contributed by atoms with E-state index in [0.717, 1.165) is 5.56 Å². The van der Waals surface area contributed by atoms with Gasteiger partial charge in [0.05, 0.1) is 13.2 Å². The SMILES string of the molecule is C=C(OC(F)(F)F)/C(=C\C)O[C@H]1CCN(C(=O)COc2ccc(CO)cc2)C1. The highest BCUT2D eigenvalue weighted by molar-refractivity contribution is 5.78. The van der Waals surface area contributed by atoms with E-state index in [1.165, 1.54) is 17.9 Å². The maximum atomic E-state index is 12.3. The zero-order chi connectivity index (χ0) is 20.7. The first-order valence-electron chi connectivity index (χ1n) is 8.60. The molecule has 0 aliphatic carbocycles. The smallest absolute Gasteiger partial charge is 0.485 e. The molecular weight excluding hydrogens is 379 g/mol. The van der Waals surface area contributed by atoms with Crippen molar-refractivity contribution in [2.24, 2.45) is 0 Å². The number of hydrogen-bond donors (Lipinski definition) is 1. The molecule has 0 saturated carbocycles. The Morgan fingerprint density at radius 1 is 1.36 bits per heavy atom. The molecule has 0 bridgehead atoms. The quantitative estimate of drug-likeness (QED) is 0.536. The summed E-state index contributed by atoms with van der Waals surface area (Å²) in [5.74, 6) is -0.509. The number of benzene rings is 1. The molecule has 1 atom stereocenters. The number of hydrogen-bond acceptors (Lipinski definition) is 5. The summed E-state index contributed by atoms with van der Waals surface area (Å²) in [7, 11) is 0. The van der Waals surface area contributed by atoms with Gasteiger partial charge in [0.15, 0.2) is 18.1 Å². The fourth-order valence-corrected chi connectivity index (χ4v) is 2.64. The molecule has 0 spiro atoms. The first-order valence-corrected chi connectivity index (χ1v) is 8.60. The van der Waals surface area contributed by atoms with E-state index >= 15 is 0 Å². The Kier molecular flexibility index (Phi) is 7.33. The highest BCUT2D eigenvalue weighted by atomic mass is 19.4. The summed E-state index contributed by atoms with van der Waals surface area (Å²) in [6.07, 6.45) is -3.52. The molecular formula is C19H22F3NO5. The molecule has 1 aliphatic rings. The number of ether oxygens (including phenoxy) is 3. The van der Waals surface area contributed by atoms with Crippen LogP contribution in [0.1, 0.15) is 18.9 Å². The number of likely N-dealkylation sites (tertiary alicyclic amines) is 1. The lowest BCUT2D eigenvalue weighted by atomic mass is 10.2. The number of alkyl halides is 3. The minimum Gasteiger partial charge on any atom is -0.485 e. The molecule has 1 N–H and O–H groups in total. The largest absolute Gasteiger partial charge is 0.573 e. The van der Waals surface area contributed by atoms with E-state index < -0.39 is 18.2 Å². The molecule has 6 nitrogen and oxygen atoms in total. The molecule has 0 unspecified atom stereocenters. The van der Waals surface area contributed by atoms with Crippen LogP contribution in [0, 0.1) is 0 Å². The molecule has 1 aliphatic heterocycles. The Balaban J connectivity index is 1.81. The third-order valence-corrected chi connectivity index (χ3v) is 4.04. The first kappa shape index (κ1) is 21.6. The topological polar surface area (TPSA) is 68.2 Å². The number of nitrogens with zero attached hydrogens (tertiary/aromatic N) is 1. The van der Waals surface area contributed by atoms with Crippen molar-refractivity contribution in [1.29, 1.82) is 0 Å². The minimum atomic E-state index is -4.85. The van der Waals surface area contributed by atoms with Gasteiger partial charge in [-0.05, 0) is 30.7 Å². The van der Waals surface area contributed by atoms with Gasteiger partial charge in [-0.2, -0.15) is 0 Å². The lowest BCUT2D eigenvalue weighted by Gasteiger charge is -2.20. The molecule has 1 aromatic rings. The van der Waals surface area contributed by atoms with Crippen molar-refractivity contribution in [2.45, 2.75) is 32.4 Å². The maximum absolute atomic E-state index is 12.3. The van der Waals surface area contributed by atoms with Crippen LogP contribution in [0.15, 0.2) is 48.4 Å².